The van der Waals surface area contributed by atoms with Crippen LogP contribution in [-0.4, -0.2) is 6.04 Å². The molecule has 1 aliphatic heterocycles. The van der Waals surface area contributed by atoms with Crippen LogP contribution in [-0.2, 0) is 0 Å². The van der Waals surface area contributed by atoms with Crippen LogP contribution in [0.5, 0.6) is 0 Å². The molecule has 3 unspecified atom stereocenters. The van der Waals surface area contributed by atoms with E-state index in [0.29, 0.717) is 6.04 Å². The fourth-order valence-electron chi connectivity index (χ4n) is 3.14. The molecule has 0 saturated heterocycles. The van der Waals surface area contributed by atoms with E-state index < -0.39 is 0 Å². The molecule has 2 fully saturated rings. The van der Waals surface area contributed by atoms with Crippen molar-refractivity contribution in [3.8, 4) is 0 Å². The van der Waals surface area contributed by atoms with E-state index >= 15 is 0 Å². The summed E-state index contributed by atoms with van der Waals surface area (Å²) in [6, 6.07) is 0.671. The Hall–Kier alpha value is -0.500. The molecule has 66 valence electrons. The molecule has 0 radical (unpaired) electrons. The SMILES string of the molecule is C1=C2CC3CCCC3CC2NN1. The summed E-state index contributed by atoms with van der Waals surface area (Å²) < 4.78 is 0. The summed E-state index contributed by atoms with van der Waals surface area (Å²) in [4.78, 5) is 0. The maximum Gasteiger partial charge on any atom is 0.0489 e. The molecule has 3 aliphatic rings. The Kier molecular flexibility index (Phi) is 1.44. The molecule has 2 N–H and O–H groups in total. The first-order valence-electron chi connectivity index (χ1n) is 5.13. The van der Waals surface area contributed by atoms with Gasteiger partial charge in [-0.2, -0.15) is 0 Å². The highest BCUT2D eigenvalue weighted by atomic mass is 15.4. The minimum Gasteiger partial charge on any atom is -0.328 e. The Morgan fingerprint density at radius 1 is 1.25 bits per heavy atom. The van der Waals surface area contributed by atoms with Crippen molar-refractivity contribution in [3.05, 3.63) is 11.8 Å². The molecule has 1 heterocycles. The van der Waals surface area contributed by atoms with Gasteiger partial charge in [-0.05, 0) is 36.7 Å². The third-order valence-electron chi connectivity index (χ3n) is 3.82. The topological polar surface area (TPSA) is 24.1 Å². The molecule has 2 nitrogen and oxygen atoms in total. The second kappa shape index (κ2) is 2.49. The molecular formula is C10H16N2. The lowest BCUT2D eigenvalue weighted by atomic mass is 9.77. The van der Waals surface area contributed by atoms with Crippen molar-refractivity contribution in [2.24, 2.45) is 11.8 Å². The third-order valence-corrected chi connectivity index (χ3v) is 3.82. The summed E-state index contributed by atoms with van der Waals surface area (Å²) in [6.45, 7) is 0. The van der Waals surface area contributed by atoms with Crippen molar-refractivity contribution >= 4 is 0 Å². The first-order chi connectivity index (χ1) is 5.93. The number of fused-ring (bicyclic) bond motifs is 2. The van der Waals surface area contributed by atoms with Gasteiger partial charge in [0.05, 0.1) is 0 Å². The van der Waals surface area contributed by atoms with Crippen molar-refractivity contribution in [3.63, 3.8) is 0 Å². The van der Waals surface area contributed by atoms with Gasteiger partial charge in [0.15, 0.2) is 0 Å². The Labute approximate surface area is 73.4 Å². The second-order valence-corrected chi connectivity index (χ2v) is 4.45. The van der Waals surface area contributed by atoms with E-state index in [2.05, 4.69) is 17.1 Å². The molecule has 3 atom stereocenters. The van der Waals surface area contributed by atoms with E-state index in [1.165, 1.54) is 32.1 Å². The minimum atomic E-state index is 0.671. The summed E-state index contributed by atoms with van der Waals surface area (Å²) in [5.41, 5.74) is 8.09. The average molecular weight is 164 g/mol. The molecule has 0 amide bonds. The van der Waals surface area contributed by atoms with E-state index in [4.69, 9.17) is 0 Å². The Morgan fingerprint density at radius 3 is 3.17 bits per heavy atom. The van der Waals surface area contributed by atoms with Gasteiger partial charge < -0.3 is 5.43 Å². The lowest BCUT2D eigenvalue weighted by Crippen LogP contribution is -2.37. The van der Waals surface area contributed by atoms with Crippen LogP contribution in [0.2, 0.25) is 0 Å². The molecule has 2 saturated carbocycles. The van der Waals surface area contributed by atoms with Crippen LogP contribution in [0.4, 0.5) is 0 Å². The van der Waals surface area contributed by atoms with E-state index in [-0.39, 0.29) is 0 Å². The van der Waals surface area contributed by atoms with Crippen LogP contribution in [0.15, 0.2) is 11.8 Å². The van der Waals surface area contributed by atoms with Crippen LogP contribution in [0.1, 0.15) is 32.1 Å². The van der Waals surface area contributed by atoms with Crippen molar-refractivity contribution in [1.82, 2.24) is 10.9 Å². The van der Waals surface area contributed by atoms with Gasteiger partial charge in [0.1, 0.15) is 0 Å². The molecule has 0 aromatic heterocycles. The van der Waals surface area contributed by atoms with Gasteiger partial charge in [-0.1, -0.05) is 12.8 Å². The minimum absolute atomic E-state index is 0.671. The smallest absolute Gasteiger partial charge is 0.0489 e. The fourth-order valence-corrected chi connectivity index (χ4v) is 3.14. The van der Waals surface area contributed by atoms with Gasteiger partial charge >= 0.3 is 0 Å². The highest BCUT2D eigenvalue weighted by Crippen LogP contribution is 2.44. The zero-order valence-corrected chi connectivity index (χ0v) is 7.34. The van der Waals surface area contributed by atoms with E-state index in [1.54, 1.807) is 5.57 Å². The molecule has 12 heavy (non-hydrogen) atoms. The van der Waals surface area contributed by atoms with Crippen LogP contribution >= 0.6 is 0 Å². The molecule has 0 spiro atoms. The van der Waals surface area contributed by atoms with Crippen LogP contribution in [0, 0.1) is 11.8 Å². The van der Waals surface area contributed by atoms with Crippen LogP contribution in [0.3, 0.4) is 0 Å². The molecule has 0 aromatic carbocycles. The van der Waals surface area contributed by atoms with Gasteiger partial charge in [-0.25, -0.2) is 5.43 Å². The second-order valence-electron chi connectivity index (χ2n) is 4.45. The Balaban J connectivity index is 1.82. The van der Waals surface area contributed by atoms with Gasteiger partial charge in [-0.15, -0.1) is 0 Å². The highest BCUT2D eigenvalue weighted by molar-refractivity contribution is 5.19. The normalized spacial score (nSPS) is 44.7. The third kappa shape index (κ3) is 0.908. The average Bonchev–Trinajstić information content (AvgIpc) is 2.64. The van der Waals surface area contributed by atoms with E-state index in [9.17, 15) is 0 Å². The van der Waals surface area contributed by atoms with E-state index in [0.717, 1.165) is 11.8 Å². The summed E-state index contributed by atoms with van der Waals surface area (Å²) in [5, 5.41) is 0. The van der Waals surface area contributed by atoms with Crippen molar-refractivity contribution in [2.75, 3.05) is 0 Å². The van der Waals surface area contributed by atoms with Gasteiger partial charge in [0.25, 0.3) is 0 Å². The maximum absolute atomic E-state index is 3.33. The summed E-state index contributed by atoms with van der Waals surface area (Å²) in [7, 11) is 0. The van der Waals surface area contributed by atoms with Crippen molar-refractivity contribution < 1.29 is 0 Å². The number of hydrogen-bond donors (Lipinski definition) is 2. The van der Waals surface area contributed by atoms with Crippen LogP contribution in [0.25, 0.3) is 0 Å². The number of rotatable bonds is 0. The van der Waals surface area contributed by atoms with Crippen LogP contribution < -0.4 is 10.9 Å². The first-order valence-corrected chi connectivity index (χ1v) is 5.13. The van der Waals surface area contributed by atoms with Gasteiger partial charge in [0, 0.05) is 12.2 Å². The molecule has 2 aliphatic carbocycles. The molecule has 0 bridgehead atoms. The molecule has 3 rings (SSSR count). The number of hydrogen-bond acceptors (Lipinski definition) is 2. The zero-order valence-electron chi connectivity index (χ0n) is 7.34. The van der Waals surface area contributed by atoms with E-state index in [1.807, 2.05) is 0 Å². The van der Waals surface area contributed by atoms with Gasteiger partial charge in [0.2, 0.25) is 0 Å². The van der Waals surface area contributed by atoms with Crippen molar-refractivity contribution in [2.45, 2.75) is 38.1 Å². The largest absolute Gasteiger partial charge is 0.328 e. The van der Waals surface area contributed by atoms with Gasteiger partial charge in [-0.3, -0.25) is 0 Å². The quantitative estimate of drug-likeness (QED) is 0.567. The Bertz CT molecular complexity index is 222. The Morgan fingerprint density at radius 2 is 2.17 bits per heavy atom. The van der Waals surface area contributed by atoms with Crippen molar-refractivity contribution in [1.29, 1.82) is 0 Å². The predicted octanol–water partition coefficient (Wildman–Crippen LogP) is 1.56. The number of hydrazine groups is 1. The summed E-state index contributed by atoms with van der Waals surface area (Å²) in [6.07, 6.45) is 9.35. The molecular weight excluding hydrogens is 148 g/mol. The lowest BCUT2D eigenvalue weighted by molar-refractivity contribution is 0.285. The standard InChI is InChI=1S/C10H16N2/c1-2-7-4-9-6-11-12-10(9)5-8(7)3-1/h6-8,10-12H,1-5H2. The fraction of sp³-hybridized carbons (Fsp3) is 0.800. The monoisotopic (exact) mass is 164 g/mol. The maximum atomic E-state index is 3.33. The molecule has 2 heteroatoms. The first kappa shape index (κ1) is 6.96. The highest BCUT2D eigenvalue weighted by Gasteiger charge is 2.37. The lowest BCUT2D eigenvalue weighted by Gasteiger charge is -2.30. The number of nitrogens with one attached hydrogen (secondary N) is 2. The summed E-state index contributed by atoms with van der Waals surface area (Å²) >= 11 is 0. The molecule has 0 aromatic rings. The predicted molar refractivity (Wildman–Crippen MR) is 48.2 cm³/mol. The summed E-state index contributed by atoms with van der Waals surface area (Å²) in [5.74, 6) is 2.05. The zero-order chi connectivity index (χ0) is 7.97.